The van der Waals surface area contributed by atoms with Gasteiger partial charge >= 0.3 is 0 Å². The van der Waals surface area contributed by atoms with Crippen LogP contribution < -0.4 is 0 Å². The summed E-state index contributed by atoms with van der Waals surface area (Å²) in [5, 5.41) is 34.5. The number of aliphatic hydroxyl groups is 3. The predicted octanol–water partition coefficient (Wildman–Crippen LogP) is 0.687. The lowest BCUT2D eigenvalue weighted by molar-refractivity contribution is -0.179. The van der Waals surface area contributed by atoms with Gasteiger partial charge in [-0.15, -0.1) is 0 Å². The third-order valence-electron chi connectivity index (χ3n) is 8.75. The zero-order chi connectivity index (χ0) is 20.3. The van der Waals surface area contributed by atoms with Crippen LogP contribution in [0.1, 0.15) is 41.0 Å². The van der Waals surface area contributed by atoms with Crippen LogP contribution in [0.15, 0.2) is 0 Å². The van der Waals surface area contributed by atoms with Gasteiger partial charge in [-0.05, 0) is 18.8 Å². The van der Waals surface area contributed by atoms with Crippen LogP contribution in [0.25, 0.3) is 0 Å². The molecular formula is C21H34O7. The van der Waals surface area contributed by atoms with E-state index in [4.69, 9.17) is 18.9 Å². The van der Waals surface area contributed by atoms with E-state index in [1.54, 1.807) is 6.92 Å². The fourth-order valence-corrected chi connectivity index (χ4v) is 7.58. The maximum absolute atomic E-state index is 11.9. The maximum atomic E-state index is 11.9. The summed E-state index contributed by atoms with van der Waals surface area (Å²) in [6.45, 7) is 11.2. The van der Waals surface area contributed by atoms with E-state index in [0.29, 0.717) is 26.2 Å². The molecule has 1 spiro atoms. The first-order chi connectivity index (χ1) is 13.0. The summed E-state index contributed by atoms with van der Waals surface area (Å²) in [5.74, 6) is -0.262. The highest BCUT2D eigenvalue weighted by Gasteiger charge is 2.86. The highest BCUT2D eigenvalue weighted by atomic mass is 16.7. The molecular weight excluding hydrogens is 364 g/mol. The van der Waals surface area contributed by atoms with Gasteiger partial charge in [0.2, 0.25) is 0 Å². The van der Waals surface area contributed by atoms with Gasteiger partial charge < -0.3 is 34.3 Å². The summed E-state index contributed by atoms with van der Waals surface area (Å²) < 4.78 is 24.4. The Balaban J connectivity index is 1.69. The molecule has 4 saturated heterocycles. The topological polar surface area (TPSA) is 97.6 Å². The van der Waals surface area contributed by atoms with E-state index in [9.17, 15) is 15.3 Å². The van der Waals surface area contributed by atoms with Gasteiger partial charge in [0.1, 0.15) is 6.10 Å². The molecule has 7 nitrogen and oxygen atoms in total. The molecule has 4 aliphatic heterocycles. The van der Waals surface area contributed by atoms with Gasteiger partial charge in [0, 0.05) is 17.3 Å². The van der Waals surface area contributed by atoms with Crippen molar-refractivity contribution in [1.29, 1.82) is 0 Å². The second-order valence-corrected chi connectivity index (χ2v) is 11.0. The highest BCUT2D eigenvalue weighted by molar-refractivity contribution is 5.30. The van der Waals surface area contributed by atoms with Gasteiger partial charge in [0.05, 0.1) is 55.3 Å². The molecule has 5 aliphatic rings. The van der Waals surface area contributed by atoms with Crippen molar-refractivity contribution in [1.82, 2.24) is 0 Å². The molecule has 1 saturated carbocycles. The van der Waals surface area contributed by atoms with Crippen molar-refractivity contribution < 1.29 is 34.3 Å². The maximum Gasteiger partial charge on any atom is 0.164 e. The van der Waals surface area contributed by atoms with Crippen LogP contribution in [0.3, 0.4) is 0 Å². The lowest BCUT2D eigenvalue weighted by Gasteiger charge is -2.49. The van der Waals surface area contributed by atoms with E-state index in [1.165, 1.54) is 0 Å². The number of aliphatic hydroxyl groups excluding tert-OH is 2. The van der Waals surface area contributed by atoms with Crippen LogP contribution in [-0.2, 0) is 18.9 Å². The molecule has 1 aliphatic carbocycles. The monoisotopic (exact) mass is 398 g/mol. The van der Waals surface area contributed by atoms with E-state index in [0.717, 1.165) is 0 Å². The Labute approximate surface area is 166 Å². The summed E-state index contributed by atoms with van der Waals surface area (Å²) >= 11 is 0. The van der Waals surface area contributed by atoms with E-state index in [-0.39, 0.29) is 17.3 Å². The lowest BCUT2D eigenvalue weighted by atomic mass is 9.53. The van der Waals surface area contributed by atoms with Crippen molar-refractivity contribution in [3.8, 4) is 0 Å². The molecule has 28 heavy (non-hydrogen) atoms. The Bertz CT molecular complexity index is 660. The summed E-state index contributed by atoms with van der Waals surface area (Å²) in [5.41, 5.74) is -2.86. The first-order valence-electron chi connectivity index (χ1n) is 10.6. The molecule has 3 N–H and O–H groups in total. The zero-order valence-electron chi connectivity index (χ0n) is 17.4. The molecule has 5 rings (SSSR count). The summed E-state index contributed by atoms with van der Waals surface area (Å²) in [6, 6.07) is 0. The van der Waals surface area contributed by atoms with Gasteiger partial charge in [-0.2, -0.15) is 0 Å². The Morgan fingerprint density at radius 3 is 2.43 bits per heavy atom. The Morgan fingerprint density at radius 1 is 1.11 bits per heavy atom. The van der Waals surface area contributed by atoms with Crippen molar-refractivity contribution in [2.24, 2.45) is 28.1 Å². The summed E-state index contributed by atoms with van der Waals surface area (Å²) in [6.07, 6.45) is -3.29. The Hall–Kier alpha value is -0.280. The van der Waals surface area contributed by atoms with Crippen LogP contribution >= 0.6 is 0 Å². The third-order valence-corrected chi connectivity index (χ3v) is 8.75. The Kier molecular flexibility index (Phi) is 4.00. The molecule has 0 amide bonds. The van der Waals surface area contributed by atoms with Crippen molar-refractivity contribution >= 4 is 0 Å². The standard InChI is InChI=1S/C21H34O7/c1-10-8-26-16(19(10,5)24)14(23)21-11-9-27-15(21)12(22)13(18(2,3)4)20(21)6-7-25-17(20)28-11/h10-17,22-24H,6-9H2,1-5H3/t10-,11?,12-,13+,14+,15?,16?,17?,19-,20?,21?/m1/s1. The molecule has 4 heterocycles. The summed E-state index contributed by atoms with van der Waals surface area (Å²) in [7, 11) is 0. The molecule has 6 unspecified atom stereocenters. The van der Waals surface area contributed by atoms with Gasteiger partial charge in [-0.1, -0.05) is 27.7 Å². The Morgan fingerprint density at radius 2 is 1.82 bits per heavy atom. The zero-order valence-corrected chi connectivity index (χ0v) is 17.4. The van der Waals surface area contributed by atoms with Crippen LogP contribution in [-0.4, -0.2) is 77.6 Å². The van der Waals surface area contributed by atoms with Gasteiger partial charge in [-0.3, -0.25) is 0 Å². The molecule has 0 aromatic rings. The summed E-state index contributed by atoms with van der Waals surface area (Å²) in [4.78, 5) is 0. The van der Waals surface area contributed by atoms with E-state index < -0.39 is 53.2 Å². The second-order valence-electron chi connectivity index (χ2n) is 11.0. The average Bonchev–Trinajstić information content (AvgIpc) is 3.29. The predicted molar refractivity (Wildman–Crippen MR) is 98.3 cm³/mol. The van der Waals surface area contributed by atoms with Crippen molar-refractivity contribution in [2.75, 3.05) is 19.8 Å². The van der Waals surface area contributed by atoms with Gasteiger partial charge in [0.15, 0.2) is 6.29 Å². The van der Waals surface area contributed by atoms with E-state index in [1.807, 2.05) is 6.92 Å². The number of hydrogen-bond acceptors (Lipinski definition) is 7. The van der Waals surface area contributed by atoms with Crippen molar-refractivity contribution in [3.63, 3.8) is 0 Å². The fourth-order valence-electron chi connectivity index (χ4n) is 7.58. The highest BCUT2D eigenvalue weighted by Crippen LogP contribution is 2.76. The van der Waals surface area contributed by atoms with E-state index in [2.05, 4.69) is 20.8 Å². The van der Waals surface area contributed by atoms with Gasteiger partial charge in [0.25, 0.3) is 0 Å². The molecule has 7 heteroatoms. The van der Waals surface area contributed by atoms with Gasteiger partial charge in [-0.25, -0.2) is 0 Å². The first kappa shape index (κ1) is 19.7. The molecule has 0 radical (unpaired) electrons. The number of hydrogen-bond donors (Lipinski definition) is 3. The number of ether oxygens (including phenoxy) is 4. The molecule has 0 aromatic carbocycles. The minimum absolute atomic E-state index is 0.0965. The lowest BCUT2D eigenvalue weighted by Crippen LogP contribution is -2.62. The van der Waals surface area contributed by atoms with Crippen molar-refractivity contribution in [3.05, 3.63) is 0 Å². The first-order valence-corrected chi connectivity index (χ1v) is 10.6. The average molecular weight is 398 g/mol. The second kappa shape index (κ2) is 5.69. The van der Waals surface area contributed by atoms with Crippen LogP contribution in [0.2, 0.25) is 0 Å². The molecule has 5 fully saturated rings. The van der Waals surface area contributed by atoms with Crippen LogP contribution in [0, 0.1) is 28.1 Å². The SMILES string of the molecule is C[C@@H]1COC([C@H](O)C23C4COC2[C@H](O)[C@@H](C(C)(C)C)C32CCOC2O4)[C@]1(C)O. The smallest absolute Gasteiger partial charge is 0.164 e. The minimum atomic E-state index is -1.17. The van der Waals surface area contributed by atoms with E-state index >= 15 is 0 Å². The largest absolute Gasteiger partial charge is 0.390 e. The quantitative estimate of drug-likeness (QED) is 0.629. The van der Waals surface area contributed by atoms with Crippen LogP contribution in [0.5, 0.6) is 0 Å². The molecule has 0 bridgehead atoms. The van der Waals surface area contributed by atoms with Crippen LogP contribution in [0.4, 0.5) is 0 Å². The number of rotatable bonds is 2. The fraction of sp³-hybridized carbons (Fsp3) is 1.00. The third kappa shape index (κ3) is 1.95. The molecule has 0 aromatic heterocycles. The molecule has 160 valence electrons. The minimum Gasteiger partial charge on any atom is -0.390 e. The normalized spacial score (nSPS) is 58.9. The molecule has 11 atom stereocenters. The van der Waals surface area contributed by atoms with Crippen molar-refractivity contribution in [2.45, 2.75) is 83.5 Å².